The van der Waals surface area contributed by atoms with Crippen LogP contribution >= 0.6 is 0 Å². The minimum Gasteiger partial charge on any atom is -0.469 e. The van der Waals surface area contributed by atoms with Crippen LogP contribution in [0, 0.1) is 0 Å². The Morgan fingerprint density at radius 3 is 2.24 bits per heavy atom. The first-order valence-electron chi connectivity index (χ1n) is 12.6. The van der Waals surface area contributed by atoms with E-state index in [0.29, 0.717) is 17.7 Å². The van der Waals surface area contributed by atoms with Crippen molar-refractivity contribution in [2.45, 2.75) is 53.0 Å². The molecular formula is C30H30N2O6. The average molecular weight is 515 g/mol. The minimum absolute atomic E-state index is 0.0245. The number of benzene rings is 2. The summed E-state index contributed by atoms with van der Waals surface area (Å²) in [7, 11) is 1.26. The summed E-state index contributed by atoms with van der Waals surface area (Å²) in [5.74, 6) is -1.67. The van der Waals surface area contributed by atoms with Crippen molar-refractivity contribution in [1.29, 1.82) is 0 Å². The molecule has 0 radical (unpaired) electrons. The van der Waals surface area contributed by atoms with Crippen molar-refractivity contribution in [3.63, 3.8) is 0 Å². The van der Waals surface area contributed by atoms with Crippen molar-refractivity contribution in [3.8, 4) is 0 Å². The van der Waals surface area contributed by atoms with Crippen LogP contribution in [0.1, 0.15) is 67.2 Å². The van der Waals surface area contributed by atoms with Crippen LogP contribution in [0.5, 0.6) is 0 Å². The molecule has 1 heterocycles. The summed E-state index contributed by atoms with van der Waals surface area (Å²) in [5, 5.41) is 5.38. The van der Waals surface area contributed by atoms with Gasteiger partial charge in [-0.15, -0.1) is 0 Å². The molecule has 4 rings (SSSR count). The van der Waals surface area contributed by atoms with Gasteiger partial charge < -0.3 is 14.1 Å². The lowest BCUT2D eigenvalue weighted by atomic mass is 9.92. The predicted octanol–water partition coefficient (Wildman–Crippen LogP) is 5.72. The second-order valence-electron chi connectivity index (χ2n) is 9.20. The van der Waals surface area contributed by atoms with E-state index in [0.717, 1.165) is 45.8 Å². The number of hydrogen-bond acceptors (Lipinski definition) is 7. The van der Waals surface area contributed by atoms with E-state index < -0.39 is 17.7 Å². The molecule has 0 atom stereocenters. The van der Waals surface area contributed by atoms with Gasteiger partial charge in [0.25, 0.3) is 0 Å². The summed E-state index contributed by atoms with van der Waals surface area (Å²) in [6.45, 7) is 5.91. The van der Waals surface area contributed by atoms with Crippen molar-refractivity contribution in [1.82, 2.24) is 4.57 Å². The van der Waals surface area contributed by atoms with Crippen LogP contribution in [-0.4, -0.2) is 40.9 Å². The van der Waals surface area contributed by atoms with E-state index in [-0.39, 0.29) is 24.3 Å². The van der Waals surface area contributed by atoms with E-state index in [9.17, 15) is 19.2 Å². The summed E-state index contributed by atoms with van der Waals surface area (Å²) in [5.41, 5.74) is 4.52. The maximum absolute atomic E-state index is 13.4. The fraction of sp³-hybridized carbons (Fsp3) is 0.300. The topological polar surface area (TPSA) is 104 Å². The number of aryl methyl sites for hydroxylation is 1. The summed E-state index contributed by atoms with van der Waals surface area (Å²) < 4.78 is 6.79. The molecule has 0 saturated heterocycles. The van der Waals surface area contributed by atoms with Gasteiger partial charge in [0.15, 0.2) is 5.78 Å². The fourth-order valence-corrected chi connectivity index (χ4v) is 4.74. The molecule has 8 nitrogen and oxygen atoms in total. The van der Waals surface area contributed by atoms with Crippen LogP contribution in [-0.2, 0) is 25.7 Å². The number of carbonyl (C=O) groups excluding carboxylic acids is 4. The number of aromatic nitrogens is 1. The van der Waals surface area contributed by atoms with E-state index in [1.807, 2.05) is 50.3 Å². The first-order chi connectivity index (χ1) is 18.2. The van der Waals surface area contributed by atoms with Gasteiger partial charge in [0.05, 0.1) is 13.5 Å². The fourth-order valence-electron chi connectivity index (χ4n) is 4.74. The van der Waals surface area contributed by atoms with Gasteiger partial charge >= 0.3 is 11.9 Å². The SMILES string of the molecule is CCn1c2ccc(C(=O)C3=C(C)CCC=C3)cc2c2cc(C(=O)/C(CCC(=O)OC)=N\OC(C)=O)ccc21. The molecule has 1 aromatic heterocycles. The van der Waals surface area contributed by atoms with Crippen LogP contribution in [0.25, 0.3) is 21.8 Å². The number of Topliss-reactive ketones (excluding diaryl/α,β-unsaturated/α-hetero) is 2. The van der Waals surface area contributed by atoms with Crippen LogP contribution in [0.4, 0.5) is 0 Å². The van der Waals surface area contributed by atoms with E-state index in [1.54, 1.807) is 12.1 Å². The smallest absolute Gasteiger partial charge is 0.331 e. The average Bonchev–Trinajstić information content (AvgIpc) is 3.24. The summed E-state index contributed by atoms with van der Waals surface area (Å²) in [4.78, 5) is 54.4. The number of methoxy groups -OCH3 is 1. The molecule has 3 aromatic rings. The minimum atomic E-state index is -0.676. The maximum atomic E-state index is 13.4. The second-order valence-corrected chi connectivity index (χ2v) is 9.20. The summed E-state index contributed by atoms with van der Waals surface area (Å²) >= 11 is 0. The number of nitrogens with zero attached hydrogens (tertiary/aromatic N) is 2. The number of allylic oxidation sites excluding steroid dienone is 4. The van der Waals surface area contributed by atoms with E-state index in [1.165, 1.54) is 14.0 Å². The zero-order valence-corrected chi connectivity index (χ0v) is 22.0. The highest BCUT2D eigenvalue weighted by Crippen LogP contribution is 2.32. The van der Waals surface area contributed by atoms with Gasteiger partial charge in [0.2, 0.25) is 5.78 Å². The number of ketones is 2. The zero-order chi connectivity index (χ0) is 27.4. The molecule has 2 aromatic carbocycles. The Morgan fingerprint density at radius 2 is 1.63 bits per heavy atom. The summed E-state index contributed by atoms with van der Waals surface area (Å²) in [6, 6.07) is 11.0. The van der Waals surface area contributed by atoms with Crippen molar-refractivity contribution in [3.05, 3.63) is 70.8 Å². The quantitative estimate of drug-likeness (QED) is 0.119. The van der Waals surface area contributed by atoms with Gasteiger partial charge in [-0.3, -0.25) is 14.4 Å². The Kier molecular flexibility index (Phi) is 8.00. The van der Waals surface area contributed by atoms with Crippen molar-refractivity contribution < 1.29 is 28.8 Å². The molecule has 38 heavy (non-hydrogen) atoms. The Bertz CT molecular complexity index is 1550. The van der Waals surface area contributed by atoms with Crippen molar-refractivity contribution >= 4 is 51.0 Å². The number of rotatable bonds is 9. The van der Waals surface area contributed by atoms with E-state index >= 15 is 0 Å². The lowest BCUT2D eigenvalue weighted by Gasteiger charge is -2.12. The third kappa shape index (κ3) is 5.34. The van der Waals surface area contributed by atoms with Crippen molar-refractivity contribution in [2.75, 3.05) is 7.11 Å². The molecular weight excluding hydrogens is 484 g/mol. The third-order valence-corrected chi connectivity index (χ3v) is 6.72. The van der Waals surface area contributed by atoms with Crippen LogP contribution in [0.2, 0.25) is 0 Å². The molecule has 1 aliphatic rings. The normalized spacial score (nSPS) is 13.7. The van der Waals surface area contributed by atoms with Gasteiger partial charge in [-0.25, -0.2) is 4.79 Å². The number of oxime groups is 1. The number of hydrogen-bond donors (Lipinski definition) is 0. The number of carbonyl (C=O) groups is 4. The number of esters is 1. The van der Waals surface area contributed by atoms with Crippen LogP contribution in [0.3, 0.4) is 0 Å². The van der Waals surface area contributed by atoms with Crippen LogP contribution in [0.15, 0.2) is 64.9 Å². The Labute approximate surface area is 220 Å². The highest BCUT2D eigenvalue weighted by molar-refractivity contribution is 6.46. The Morgan fingerprint density at radius 1 is 0.974 bits per heavy atom. The first kappa shape index (κ1) is 26.7. The molecule has 8 heteroatoms. The van der Waals surface area contributed by atoms with Gasteiger partial charge in [-0.2, -0.15) is 0 Å². The van der Waals surface area contributed by atoms with E-state index in [4.69, 9.17) is 4.84 Å². The molecule has 0 fully saturated rings. The molecule has 0 aliphatic heterocycles. The molecule has 0 spiro atoms. The molecule has 0 unspecified atom stereocenters. The Hall–Kier alpha value is -4.33. The third-order valence-electron chi connectivity index (χ3n) is 6.72. The van der Waals surface area contributed by atoms with Gasteiger partial charge in [-0.1, -0.05) is 22.9 Å². The van der Waals surface area contributed by atoms with E-state index in [2.05, 4.69) is 14.5 Å². The zero-order valence-electron chi connectivity index (χ0n) is 22.0. The lowest BCUT2D eigenvalue weighted by Crippen LogP contribution is -2.17. The van der Waals surface area contributed by atoms with Gasteiger partial charge in [-0.05, 0) is 63.1 Å². The molecule has 196 valence electrons. The largest absolute Gasteiger partial charge is 0.469 e. The number of fused-ring (bicyclic) bond motifs is 3. The highest BCUT2D eigenvalue weighted by Gasteiger charge is 2.21. The first-order valence-corrected chi connectivity index (χ1v) is 12.6. The number of ether oxygens (including phenoxy) is 1. The predicted molar refractivity (Wildman–Crippen MR) is 145 cm³/mol. The molecule has 0 amide bonds. The molecule has 0 saturated carbocycles. The maximum Gasteiger partial charge on any atom is 0.331 e. The molecule has 0 N–H and O–H groups in total. The second kappa shape index (κ2) is 11.4. The monoisotopic (exact) mass is 514 g/mol. The lowest BCUT2D eigenvalue weighted by molar-refractivity contribution is -0.141. The highest BCUT2D eigenvalue weighted by atomic mass is 16.7. The van der Waals surface area contributed by atoms with Gasteiger partial charge in [0, 0.05) is 58.4 Å². The standard InChI is InChI=1S/C30H30N2O6/c1-5-32-26-13-10-20(29(35)22-9-7-6-8-18(22)2)16-23(26)24-17-21(11-14-27(24)32)30(36)25(31-38-19(3)33)12-15-28(34)37-4/h7,9-11,13-14,16-17H,5-6,8,12,15H2,1-4H3/b31-25-. The van der Waals surface area contributed by atoms with Crippen molar-refractivity contribution in [2.24, 2.45) is 5.16 Å². The Balaban J connectivity index is 1.79. The molecule has 0 bridgehead atoms. The van der Waals surface area contributed by atoms with Crippen LogP contribution < -0.4 is 0 Å². The summed E-state index contributed by atoms with van der Waals surface area (Å²) in [6.07, 6.45) is 5.59. The molecule has 1 aliphatic carbocycles. The van der Waals surface area contributed by atoms with Gasteiger partial charge in [0.1, 0.15) is 5.71 Å².